The number of methoxy groups -OCH3 is 1. The second-order valence-corrected chi connectivity index (χ2v) is 11.8. The number of benzene rings is 2. The predicted octanol–water partition coefficient (Wildman–Crippen LogP) is 6.77. The Morgan fingerprint density at radius 2 is 1.59 bits per heavy atom. The van der Waals surface area contributed by atoms with E-state index in [-0.39, 0.29) is 35.7 Å². The molecule has 3 aromatic rings. The van der Waals surface area contributed by atoms with Crippen LogP contribution >= 0.6 is 0 Å². The van der Waals surface area contributed by atoms with E-state index in [2.05, 4.69) is 73.9 Å². The molecule has 2 aromatic carbocycles. The lowest BCUT2D eigenvalue weighted by Gasteiger charge is -2.24. The van der Waals surface area contributed by atoms with E-state index in [1.807, 2.05) is 36.4 Å². The number of aromatic nitrogens is 1. The Labute approximate surface area is 233 Å². The Hall–Kier alpha value is -3.67. The van der Waals surface area contributed by atoms with Crippen LogP contribution in [0.4, 0.5) is 0 Å². The molecule has 1 amide bonds. The SMILES string of the molecule is COC(=O)CCNC(=O)c1ccc(CCCC(C)(C)COc2ccc(-c3ccc(C(C)(C)C)cc3)nc2)cc1. The minimum atomic E-state index is -0.341. The summed E-state index contributed by atoms with van der Waals surface area (Å²) in [5.74, 6) is 0.245. The van der Waals surface area contributed by atoms with Crippen LogP contribution in [0, 0.1) is 5.41 Å². The number of hydrogen-bond donors (Lipinski definition) is 1. The van der Waals surface area contributed by atoms with Crippen molar-refractivity contribution in [1.29, 1.82) is 0 Å². The zero-order valence-corrected chi connectivity index (χ0v) is 24.2. The lowest BCUT2D eigenvalue weighted by atomic mass is 9.86. The Morgan fingerprint density at radius 3 is 2.18 bits per heavy atom. The number of ether oxygens (including phenoxy) is 2. The normalized spacial score (nSPS) is 11.6. The summed E-state index contributed by atoms with van der Waals surface area (Å²) >= 11 is 0. The van der Waals surface area contributed by atoms with Crippen LogP contribution in [0.5, 0.6) is 5.75 Å². The number of rotatable bonds is 12. The van der Waals surface area contributed by atoms with Crippen molar-refractivity contribution in [3.8, 4) is 17.0 Å². The van der Waals surface area contributed by atoms with Gasteiger partial charge in [-0.15, -0.1) is 0 Å². The largest absolute Gasteiger partial charge is 0.491 e. The fourth-order valence-corrected chi connectivity index (χ4v) is 4.20. The van der Waals surface area contributed by atoms with Gasteiger partial charge in [-0.2, -0.15) is 0 Å². The van der Waals surface area contributed by atoms with E-state index in [9.17, 15) is 9.59 Å². The summed E-state index contributed by atoms with van der Waals surface area (Å²) in [6.07, 6.45) is 4.92. The molecule has 1 aromatic heterocycles. The van der Waals surface area contributed by atoms with Crippen molar-refractivity contribution in [2.75, 3.05) is 20.3 Å². The van der Waals surface area contributed by atoms with E-state index < -0.39 is 0 Å². The van der Waals surface area contributed by atoms with Crippen LogP contribution in [0.2, 0.25) is 0 Å². The van der Waals surface area contributed by atoms with Gasteiger partial charge < -0.3 is 14.8 Å². The molecule has 0 saturated carbocycles. The highest BCUT2D eigenvalue weighted by atomic mass is 16.5. The molecule has 0 bridgehead atoms. The van der Waals surface area contributed by atoms with Crippen LogP contribution in [-0.2, 0) is 21.4 Å². The molecular weight excluding hydrogens is 488 g/mol. The molecule has 0 aliphatic rings. The number of carbonyl (C=O) groups excluding carboxylic acids is 2. The van der Waals surface area contributed by atoms with Crippen LogP contribution < -0.4 is 10.1 Å². The zero-order valence-electron chi connectivity index (χ0n) is 24.2. The van der Waals surface area contributed by atoms with Crippen LogP contribution in [0.1, 0.15) is 75.4 Å². The number of nitrogens with zero attached hydrogens (tertiary/aromatic N) is 1. The van der Waals surface area contributed by atoms with E-state index in [1.54, 1.807) is 6.20 Å². The molecule has 0 aliphatic carbocycles. The number of amides is 1. The third-order valence-corrected chi connectivity index (χ3v) is 6.79. The summed E-state index contributed by atoms with van der Waals surface area (Å²) in [6, 6.07) is 20.2. The van der Waals surface area contributed by atoms with Crippen molar-refractivity contribution in [1.82, 2.24) is 10.3 Å². The summed E-state index contributed by atoms with van der Waals surface area (Å²) < 4.78 is 10.7. The molecule has 6 heteroatoms. The minimum absolute atomic E-state index is 0.0148. The van der Waals surface area contributed by atoms with Crippen molar-refractivity contribution in [3.05, 3.63) is 83.6 Å². The van der Waals surface area contributed by atoms with Gasteiger partial charge in [0, 0.05) is 17.7 Å². The van der Waals surface area contributed by atoms with Crippen LogP contribution in [0.15, 0.2) is 66.9 Å². The van der Waals surface area contributed by atoms with Crippen LogP contribution in [0.25, 0.3) is 11.3 Å². The zero-order chi connectivity index (χ0) is 28.5. The maximum Gasteiger partial charge on any atom is 0.307 e. The van der Waals surface area contributed by atoms with Gasteiger partial charge in [0.2, 0.25) is 0 Å². The fraction of sp³-hybridized carbons (Fsp3) is 0.424. The maximum absolute atomic E-state index is 12.2. The number of aryl methyl sites for hydroxylation is 1. The molecule has 39 heavy (non-hydrogen) atoms. The molecule has 0 atom stereocenters. The first-order valence-electron chi connectivity index (χ1n) is 13.6. The molecule has 1 N–H and O–H groups in total. The minimum Gasteiger partial charge on any atom is -0.491 e. The van der Waals surface area contributed by atoms with Crippen LogP contribution in [-0.4, -0.2) is 37.1 Å². The van der Waals surface area contributed by atoms with Gasteiger partial charge in [-0.25, -0.2) is 0 Å². The molecule has 6 nitrogen and oxygen atoms in total. The highest BCUT2D eigenvalue weighted by Crippen LogP contribution is 2.28. The average molecular weight is 531 g/mol. The summed E-state index contributed by atoms with van der Waals surface area (Å²) in [5.41, 5.74) is 5.26. The smallest absolute Gasteiger partial charge is 0.307 e. The topological polar surface area (TPSA) is 77.5 Å². The molecule has 0 fully saturated rings. The highest BCUT2D eigenvalue weighted by Gasteiger charge is 2.19. The van der Waals surface area contributed by atoms with Crippen molar-refractivity contribution >= 4 is 11.9 Å². The monoisotopic (exact) mass is 530 g/mol. The van der Waals surface area contributed by atoms with E-state index in [0.717, 1.165) is 36.3 Å². The molecule has 3 rings (SSSR count). The highest BCUT2D eigenvalue weighted by molar-refractivity contribution is 5.94. The summed E-state index contributed by atoms with van der Waals surface area (Å²) in [6.45, 7) is 11.9. The first kappa shape index (κ1) is 29.9. The quantitative estimate of drug-likeness (QED) is 0.262. The van der Waals surface area contributed by atoms with Gasteiger partial charge in [0.25, 0.3) is 5.91 Å². The number of hydrogen-bond acceptors (Lipinski definition) is 5. The van der Waals surface area contributed by atoms with E-state index in [1.165, 1.54) is 18.2 Å². The van der Waals surface area contributed by atoms with Gasteiger partial charge in [-0.3, -0.25) is 14.6 Å². The number of esters is 1. The Bertz CT molecular complexity index is 1210. The fourth-order valence-electron chi connectivity index (χ4n) is 4.20. The van der Waals surface area contributed by atoms with Gasteiger partial charge >= 0.3 is 5.97 Å². The van der Waals surface area contributed by atoms with Gasteiger partial charge in [0.1, 0.15) is 5.75 Å². The lowest BCUT2D eigenvalue weighted by molar-refractivity contribution is -0.140. The van der Waals surface area contributed by atoms with Crippen molar-refractivity contribution in [2.45, 2.75) is 65.7 Å². The number of pyridine rings is 1. The average Bonchev–Trinajstić information content (AvgIpc) is 2.92. The van der Waals surface area contributed by atoms with Crippen LogP contribution in [0.3, 0.4) is 0 Å². The third-order valence-electron chi connectivity index (χ3n) is 6.79. The molecule has 1 heterocycles. The molecule has 0 unspecified atom stereocenters. The Balaban J connectivity index is 1.42. The van der Waals surface area contributed by atoms with E-state index in [0.29, 0.717) is 12.2 Å². The summed E-state index contributed by atoms with van der Waals surface area (Å²) in [7, 11) is 1.33. The maximum atomic E-state index is 12.2. The van der Waals surface area contributed by atoms with Gasteiger partial charge in [0.15, 0.2) is 0 Å². The van der Waals surface area contributed by atoms with Crippen molar-refractivity contribution < 1.29 is 19.1 Å². The molecule has 0 aliphatic heterocycles. The molecule has 208 valence electrons. The Morgan fingerprint density at radius 1 is 0.897 bits per heavy atom. The van der Waals surface area contributed by atoms with Crippen molar-refractivity contribution in [3.63, 3.8) is 0 Å². The predicted molar refractivity (Wildman–Crippen MR) is 156 cm³/mol. The third kappa shape index (κ3) is 9.54. The van der Waals surface area contributed by atoms with Crippen molar-refractivity contribution in [2.24, 2.45) is 5.41 Å². The molecular formula is C33H42N2O4. The second kappa shape index (κ2) is 13.4. The van der Waals surface area contributed by atoms with E-state index in [4.69, 9.17) is 4.74 Å². The first-order chi connectivity index (χ1) is 18.5. The standard InChI is InChI=1S/C33H42N2O4/c1-32(2,3)27-15-13-25(14-16-27)29-18-17-28(22-35-29)39-23-33(4,5)20-7-8-24-9-11-26(12-10-24)31(37)34-21-19-30(36)38-6/h9-18,22H,7-8,19-21,23H2,1-6H3,(H,34,37). The molecule has 0 spiro atoms. The number of carbonyl (C=O) groups is 2. The molecule has 0 radical (unpaired) electrons. The second-order valence-electron chi connectivity index (χ2n) is 11.8. The molecule has 0 saturated heterocycles. The summed E-state index contributed by atoms with van der Waals surface area (Å²) in [5, 5.41) is 2.73. The number of nitrogens with one attached hydrogen (secondary N) is 1. The van der Waals surface area contributed by atoms with Gasteiger partial charge in [-0.1, -0.05) is 71.0 Å². The van der Waals surface area contributed by atoms with Gasteiger partial charge in [-0.05, 0) is 65.5 Å². The van der Waals surface area contributed by atoms with Gasteiger partial charge in [0.05, 0.1) is 32.0 Å². The Kier molecular flexibility index (Phi) is 10.3. The lowest BCUT2D eigenvalue weighted by Crippen LogP contribution is -2.26. The summed E-state index contributed by atoms with van der Waals surface area (Å²) in [4.78, 5) is 28.0. The van der Waals surface area contributed by atoms with E-state index >= 15 is 0 Å². The first-order valence-corrected chi connectivity index (χ1v) is 13.6.